The summed E-state index contributed by atoms with van der Waals surface area (Å²) in [6.07, 6.45) is 0. The van der Waals surface area contributed by atoms with Crippen molar-refractivity contribution in [3.63, 3.8) is 0 Å². The second kappa shape index (κ2) is 6.07. The van der Waals surface area contributed by atoms with Gasteiger partial charge in [0, 0.05) is 16.5 Å². The lowest BCUT2D eigenvalue weighted by Crippen LogP contribution is -1.96. The fourth-order valence-electron chi connectivity index (χ4n) is 1.61. The van der Waals surface area contributed by atoms with Crippen LogP contribution in [0.2, 0.25) is 5.02 Å². The highest BCUT2D eigenvalue weighted by Gasteiger charge is 2.17. The normalized spacial score (nSPS) is 10.3. The Morgan fingerprint density at radius 2 is 1.90 bits per heavy atom. The molecule has 102 valence electrons. The first kappa shape index (κ1) is 14.6. The number of nitrogens with zero attached hydrogens (tertiary/aromatic N) is 1. The summed E-state index contributed by atoms with van der Waals surface area (Å²) in [4.78, 5) is 23.1. The molecule has 0 unspecified atom stereocenters. The summed E-state index contributed by atoms with van der Waals surface area (Å²) in [7, 11) is 0. The molecule has 0 aliphatic rings. The van der Waals surface area contributed by atoms with E-state index in [1.54, 1.807) is 24.3 Å². The molecule has 0 fully saturated rings. The van der Waals surface area contributed by atoms with Crippen LogP contribution < -0.4 is 0 Å². The Morgan fingerprint density at radius 1 is 1.20 bits per heavy atom. The topological polar surface area (TPSA) is 60.2 Å². The van der Waals surface area contributed by atoms with Crippen LogP contribution in [0.5, 0.6) is 0 Å². The van der Waals surface area contributed by atoms with Gasteiger partial charge in [0.15, 0.2) is 5.78 Å². The summed E-state index contributed by atoms with van der Waals surface area (Å²) in [6, 6.07) is 11.4. The molecular weight excluding hydrogens is 298 g/mol. The lowest BCUT2D eigenvalue weighted by molar-refractivity contribution is -0.387. The van der Waals surface area contributed by atoms with Crippen molar-refractivity contribution < 1.29 is 9.72 Å². The highest BCUT2D eigenvalue weighted by molar-refractivity contribution is 7.99. The summed E-state index contributed by atoms with van der Waals surface area (Å²) in [5.41, 5.74) is 0.394. The van der Waals surface area contributed by atoms with E-state index in [1.807, 2.05) is 0 Å². The number of carbonyl (C=O) groups excluding carboxylic acids is 1. The second-order valence-electron chi connectivity index (χ2n) is 4.03. The largest absolute Gasteiger partial charge is 0.295 e. The highest BCUT2D eigenvalue weighted by Crippen LogP contribution is 2.38. The molecule has 0 bridgehead atoms. The SMILES string of the molecule is CC(=O)c1ccc([N+](=O)[O-])c(Sc2ccccc2Cl)c1. The van der Waals surface area contributed by atoms with E-state index >= 15 is 0 Å². The van der Waals surface area contributed by atoms with Crippen LogP contribution in [0.1, 0.15) is 17.3 Å². The van der Waals surface area contributed by atoms with Gasteiger partial charge in [-0.25, -0.2) is 0 Å². The number of halogens is 1. The molecule has 0 saturated heterocycles. The van der Waals surface area contributed by atoms with Gasteiger partial charge >= 0.3 is 0 Å². The number of Topliss-reactive ketones (excluding diaryl/α,β-unsaturated/α-hetero) is 1. The molecule has 0 aliphatic heterocycles. The molecule has 2 aromatic carbocycles. The lowest BCUT2D eigenvalue weighted by Gasteiger charge is -2.06. The van der Waals surface area contributed by atoms with Crippen LogP contribution in [0.3, 0.4) is 0 Å². The Hall–Kier alpha value is -1.85. The first-order valence-corrected chi connectivity index (χ1v) is 6.90. The first-order chi connectivity index (χ1) is 9.49. The number of nitro groups is 1. The minimum absolute atomic E-state index is 0.0417. The predicted octanol–water partition coefficient (Wildman–Crippen LogP) is 4.60. The third-order valence-electron chi connectivity index (χ3n) is 2.62. The van der Waals surface area contributed by atoms with E-state index in [1.165, 1.54) is 36.9 Å². The number of ketones is 1. The predicted molar refractivity (Wildman–Crippen MR) is 78.7 cm³/mol. The highest BCUT2D eigenvalue weighted by atomic mass is 35.5. The summed E-state index contributed by atoms with van der Waals surface area (Å²) in [6.45, 7) is 1.42. The fourth-order valence-corrected chi connectivity index (χ4v) is 2.85. The number of hydrogen-bond acceptors (Lipinski definition) is 4. The molecule has 0 amide bonds. The maximum atomic E-state index is 11.4. The number of nitro benzene ring substituents is 1. The van der Waals surface area contributed by atoms with Crippen molar-refractivity contribution in [2.24, 2.45) is 0 Å². The Labute approximate surface area is 124 Å². The van der Waals surface area contributed by atoms with Gasteiger partial charge in [0.2, 0.25) is 0 Å². The zero-order valence-electron chi connectivity index (χ0n) is 10.5. The minimum atomic E-state index is -0.469. The van der Waals surface area contributed by atoms with Gasteiger partial charge in [-0.15, -0.1) is 0 Å². The molecule has 0 saturated carbocycles. The Bertz CT molecular complexity index is 688. The maximum Gasteiger partial charge on any atom is 0.283 e. The standard InChI is InChI=1S/C14H10ClNO3S/c1-9(17)10-6-7-12(16(18)19)14(8-10)20-13-5-3-2-4-11(13)15/h2-8H,1H3. The summed E-state index contributed by atoms with van der Waals surface area (Å²) < 4.78 is 0. The average Bonchev–Trinajstić information content (AvgIpc) is 2.41. The van der Waals surface area contributed by atoms with Gasteiger partial charge in [-0.1, -0.05) is 35.5 Å². The minimum Gasteiger partial charge on any atom is -0.295 e. The molecule has 0 radical (unpaired) electrons. The van der Waals surface area contributed by atoms with Crippen molar-refractivity contribution in [2.75, 3.05) is 0 Å². The molecule has 0 aliphatic carbocycles. The van der Waals surface area contributed by atoms with Crippen molar-refractivity contribution in [3.8, 4) is 0 Å². The van der Waals surface area contributed by atoms with Crippen LogP contribution >= 0.6 is 23.4 Å². The fraction of sp³-hybridized carbons (Fsp3) is 0.0714. The Balaban J connectivity index is 2.48. The second-order valence-corrected chi connectivity index (χ2v) is 5.52. The van der Waals surface area contributed by atoms with Crippen LogP contribution in [-0.2, 0) is 0 Å². The van der Waals surface area contributed by atoms with E-state index in [9.17, 15) is 14.9 Å². The van der Waals surface area contributed by atoms with Crippen LogP contribution in [0, 0.1) is 10.1 Å². The Morgan fingerprint density at radius 3 is 2.50 bits per heavy atom. The quantitative estimate of drug-likeness (QED) is 0.470. The van der Waals surface area contributed by atoms with Gasteiger partial charge < -0.3 is 0 Å². The van der Waals surface area contributed by atoms with E-state index in [-0.39, 0.29) is 11.5 Å². The van der Waals surface area contributed by atoms with Gasteiger partial charge in [0.1, 0.15) is 0 Å². The summed E-state index contributed by atoms with van der Waals surface area (Å²) >= 11 is 7.23. The molecule has 2 rings (SSSR count). The molecular formula is C14H10ClNO3S. The van der Waals surface area contributed by atoms with E-state index in [2.05, 4.69) is 0 Å². The van der Waals surface area contributed by atoms with Gasteiger partial charge in [-0.2, -0.15) is 0 Å². The third kappa shape index (κ3) is 3.18. The van der Waals surface area contributed by atoms with Gasteiger partial charge in [-0.05, 0) is 31.2 Å². The maximum absolute atomic E-state index is 11.4. The third-order valence-corrected chi connectivity index (χ3v) is 4.18. The number of carbonyl (C=O) groups is 1. The summed E-state index contributed by atoms with van der Waals surface area (Å²) in [5, 5.41) is 11.6. The molecule has 0 atom stereocenters. The molecule has 0 N–H and O–H groups in total. The molecule has 0 spiro atoms. The first-order valence-electron chi connectivity index (χ1n) is 5.71. The van der Waals surface area contributed by atoms with Gasteiger partial charge in [0.25, 0.3) is 5.69 Å². The number of hydrogen-bond donors (Lipinski definition) is 0. The van der Waals surface area contributed by atoms with Crippen molar-refractivity contribution >= 4 is 34.8 Å². The molecule has 2 aromatic rings. The molecule has 20 heavy (non-hydrogen) atoms. The lowest BCUT2D eigenvalue weighted by atomic mass is 10.1. The van der Waals surface area contributed by atoms with Crippen molar-refractivity contribution in [1.29, 1.82) is 0 Å². The van der Waals surface area contributed by atoms with Crippen molar-refractivity contribution in [2.45, 2.75) is 16.7 Å². The van der Waals surface area contributed by atoms with Crippen LogP contribution in [0.25, 0.3) is 0 Å². The van der Waals surface area contributed by atoms with Gasteiger partial charge in [0.05, 0.1) is 14.8 Å². The van der Waals surface area contributed by atoms with Crippen LogP contribution in [0.15, 0.2) is 52.3 Å². The number of benzene rings is 2. The molecule has 0 heterocycles. The van der Waals surface area contributed by atoms with Crippen molar-refractivity contribution in [1.82, 2.24) is 0 Å². The van der Waals surface area contributed by atoms with Crippen molar-refractivity contribution in [3.05, 3.63) is 63.2 Å². The number of rotatable bonds is 4. The Kier molecular flexibility index (Phi) is 4.42. The van der Waals surface area contributed by atoms with E-state index in [0.29, 0.717) is 20.4 Å². The zero-order chi connectivity index (χ0) is 14.7. The van der Waals surface area contributed by atoms with E-state index in [4.69, 9.17) is 11.6 Å². The van der Waals surface area contributed by atoms with E-state index in [0.717, 1.165) is 0 Å². The average molecular weight is 308 g/mol. The molecule has 4 nitrogen and oxygen atoms in total. The van der Waals surface area contributed by atoms with Gasteiger partial charge in [-0.3, -0.25) is 14.9 Å². The molecule has 6 heteroatoms. The zero-order valence-corrected chi connectivity index (χ0v) is 12.1. The van der Waals surface area contributed by atoms with E-state index < -0.39 is 4.92 Å². The molecule has 0 aromatic heterocycles. The van der Waals surface area contributed by atoms with Crippen LogP contribution in [-0.4, -0.2) is 10.7 Å². The monoisotopic (exact) mass is 307 g/mol. The smallest absolute Gasteiger partial charge is 0.283 e. The summed E-state index contributed by atoms with van der Waals surface area (Å²) in [5.74, 6) is -0.138. The van der Waals surface area contributed by atoms with Crippen LogP contribution in [0.4, 0.5) is 5.69 Å².